The van der Waals surface area contributed by atoms with Gasteiger partial charge in [0.1, 0.15) is 0 Å². The normalized spacial score (nSPS) is 11.5. The Morgan fingerprint density at radius 3 is 2.35 bits per heavy atom. The summed E-state index contributed by atoms with van der Waals surface area (Å²) in [6.45, 7) is 2.16. The quantitative estimate of drug-likeness (QED) is 0.601. The van der Waals surface area contributed by atoms with Gasteiger partial charge in [0.05, 0.1) is 39.1 Å². The van der Waals surface area contributed by atoms with Gasteiger partial charge >= 0.3 is 0 Å². The molecule has 0 saturated carbocycles. The Labute approximate surface area is 104 Å². The van der Waals surface area contributed by atoms with Crippen LogP contribution in [-0.4, -0.2) is 45.8 Å². The van der Waals surface area contributed by atoms with Gasteiger partial charge in [-0.05, 0) is 18.2 Å². The molecule has 0 spiro atoms. The highest BCUT2D eigenvalue weighted by molar-refractivity contribution is 5.71. The fraction of sp³-hybridized carbons (Fsp3) is 0.538. The van der Waals surface area contributed by atoms with E-state index in [2.05, 4.69) is 33.1 Å². The average Bonchev–Trinajstić information content (AvgIpc) is 2.15. The standard InChI is InChI=1S/C13H25N4/c1-16(8-5-9-17(2,3)4)13-7-6-11(14)10-12(13)15/h6-7,10H,5,8-9,14-15H2,1-4H3/q+1. The molecule has 4 heteroatoms. The van der Waals surface area contributed by atoms with Crippen molar-refractivity contribution >= 4 is 17.1 Å². The highest BCUT2D eigenvalue weighted by Gasteiger charge is 2.09. The van der Waals surface area contributed by atoms with Crippen LogP contribution >= 0.6 is 0 Å². The lowest BCUT2D eigenvalue weighted by atomic mass is 10.2. The Morgan fingerprint density at radius 1 is 1.18 bits per heavy atom. The molecule has 1 aromatic carbocycles. The first-order chi connectivity index (χ1) is 7.79. The molecular formula is C13H25N4+. The first-order valence-corrected chi connectivity index (χ1v) is 5.96. The number of anilines is 3. The Kier molecular flexibility index (Phi) is 4.23. The van der Waals surface area contributed by atoms with Crippen molar-refractivity contribution in [3.05, 3.63) is 18.2 Å². The maximum absolute atomic E-state index is 5.95. The monoisotopic (exact) mass is 237 g/mol. The molecule has 4 nitrogen and oxygen atoms in total. The molecule has 0 amide bonds. The third-order valence-corrected chi connectivity index (χ3v) is 2.79. The molecule has 0 aromatic heterocycles. The molecule has 0 unspecified atom stereocenters. The summed E-state index contributed by atoms with van der Waals surface area (Å²) >= 11 is 0. The summed E-state index contributed by atoms with van der Waals surface area (Å²) in [6.07, 6.45) is 1.14. The summed E-state index contributed by atoms with van der Waals surface area (Å²) < 4.78 is 0.991. The van der Waals surface area contributed by atoms with E-state index in [1.165, 1.54) is 0 Å². The van der Waals surface area contributed by atoms with Crippen LogP contribution in [-0.2, 0) is 0 Å². The second-order valence-electron chi connectivity index (χ2n) is 5.61. The molecular weight excluding hydrogens is 212 g/mol. The van der Waals surface area contributed by atoms with Gasteiger partial charge in [-0.2, -0.15) is 0 Å². The molecule has 96 valence electrons. The SMILES string of the molecule is CN(CCC[N+](C)(C)C)c1ccc(N)cc1N. The molecule has 17 heavy (non-hydrogen) atoms. The first kappa shape index (κ1) is 13.6. The minimum Gasteiger partial charge on any atom is -0.399 e. The van der Waals surface area contributed by atoms with Crippen LogP contribution in [0.15, 0.2) is 18.2 Å². The van der Waals surface area contributed by atoms with Gasteiger partial charge in [-0.3, -0.25) is 0 Å². The van der Waals surface area contributed by atoms with E-state index in [0.29, 0.717) is 5.69 Å². The van der Waals surface area contributed by atoms with Gasteiger partial charge in [0.25, 0.3) is 0 Å². The van der Waals surface area contributed by atoms with Crippen LogP contribution in [0.5, 0.6) is 0 Å². The number of nitrogens with zero attached hydrogens (tertiary/aromatic N) is 2. The third kappa shape index (κ3) is 4.53. The van der Waals surface area contributed by atoms with E-state index in [4.69, 9.17) is 11.5 Å². The van der Waals surface area contributed by atoms with E-state index in [0.717, 1.165) is 35.4 Å². The number of rotatable bonds is 5. The molecule has 0 aliphatic rings. The second kappa shape index (κ2) is 5.27. The van der Waals surface area contributed by atoms with Crippen LogP contribution in [0.1, 0.15) is 6.42 Å². The van der Waals surface area contributed by atoms with Crippen molar-refractivity contribution in [1.82, 2.24) is 0 Å². The first-order valence-electron chi connectivity index (χ1n) is 5.96. The van der Waals surface area contributed by atoms with Crippen LogP contribution in [0.25, 0.3) is 0 Å². The predicted molar refractivity (Wildman–Crippen MR) is 76.1 cm³/mol. The van der Waals surface area contributed by atoms with Crippen LogP contribution in [0.4, 0.5) is 17.1 Å². The van der Waals surface area contributed by atoms with Gasteiger partial charge in [-0.25, -0.2) is 0 Å². The topological polar surface area (TPSA) is 55.3 Å². The highest BCUT2D eigenvalue weighted by Crippen LogP contribution is 2.24. The predicted octanol–water partition coefficient (Wildman–Crippen LogP) is 1.38. The Balaban J connectivity index is 2.55. The zero-order chi connectivity index (χ0) is 13.1. The maximum Gasteiger partial charge on any atom is 0.0797 e. The van der Waals surface area contributed by atoms with Crippen molar-refractivity contribution in [3.8, 4) is 0 Å². The molecule has 1 aromatic rings. The molecule has 0 heterocycles. The summed E-state index contributed by atoms with van der Waals surface area (Å²) in [5.41, 5.74) is 14.2. The lowest BCUT2D eigenvalue weighted by Crippen LogP contribution is -2.37. The van der Waals surface area contributed by atoms with Gasteiger partial charge in [0, 0.05) is 25.7 Å². The second-order valence-corrected chi connectivity index (χ2v) is 5.61. The van der Waals surface area contributed by atoms with Crippen molar-refractivity contribution in [2.24, 2.45) is 0 Å². The molecule has 0 saturated heterocycles. The highest BCUT2D eigenvalue weighted by atomic mass is 15.3. The van der Waals surface area contributed by atoms with E-state index in [-0.39, 0.29) is 0 Å². The summed E-state index contributed by atoms with van der Waals surface area (Å²) in [6, 6.07) is 5.68. The minimum absolute atomic E-state index is 0.714. The lowest BCUT2D eigenvalue weighted by Gasteiger charge is -2.26. The number of hydrogen-bond donors (Lipinski definition) is 2. The molecule has 0 aliphatic carbocycles. The summed E-state index contributed by atoms with van der Waals surface area (Å²) in [7, 11) is 8.68. The molecule has 1 rings (SSSR count). The molecule has 0 atom stereocenters. The lowest BCUT2D eigenvalue weighted by molar-refractivity contribution is -0.870. The Hall–Kier alpha value is -1.42. The van der Waals surface area contributed by atoms with Gasteiger partial charge in [-0.15, -0.1) is 0 Å². The Bertz CT molecular complexity index is 368. The third-order valence-electron chi connectivity index (χ3n) is 2.79. The van der Waals surface area contributed by atoms with Crippen molar-refractivity contribution in [1.29, 1.82) is 0 Å². The van der Waals surface area contributed by atoms with E-state index in [9.17, 15) is 0 Å². The van der Waals surface area contributed by atoms with Gasteiger partial charge in [-0.1, -0.05) is 0 Å². The van der Waals surface area contributed by atoms with Crippen LogP contribution < -0.4 is 16.4 Å². The average molecular weight is 237 g/mol. The number of benzene rings is 1. The maximum atomic E-state index is 5.95. The van der Waals surface area contributed by atoms with E-state index in [1.807, 2.05) is 18.2 Å². The molecule has 4 N–H and O–H groups in total. The fourth-order valence-corrected chi connectivity index (χ4v) is 1.82. The summed E-state index contributed by atoms with van der Waals surface area (Å²) in [4.78, 5) is 2.18. The number of hydrogen-bond acceptors (Lipinski definition) is 3. The number of nitrogen functional groups attached to an aromatic ring is 2. The zero-order valence-corrected chi connectivity index (χ0v) is 11.4. The van der Waals surface area contributed by atoms with Crippen molar-refractivity contribution in [2.45, 2.75) is 6.42 Å². The van der Waals surface area contributed by atoms with E-state index >= 15 is 0 Å². The van der Waals surface area contributed by atoms with Crippen LogP contribution in [0.3, 0.4) is 0 Å². The van der Waals surface area contributed by atoms with E-state index < -0.39 is 0 Å². The van der Waals surface area contributed by atoms with Gasteiger partial charge in [0.15, 0.2) is 0 Å². The molecule has 0 fully saturated rings. The van der Waals surface area contributed by atoms with Crippen LogP contribution in [0.2, 0.25) is 0 Å². The van der Waals surface area contributed by atoms with Crippen molar-refractivity contribution < 1.29 is 4.48 Å². The van der Waals surface area contributed by atoms with Gasteiger partial charge in [0.2, 0.25) is 0 Å². The fourth-order valence-electron chi connectivity index (χ4n) is 1.82. The van der Waals surface area contributed by atoms with Gasteiger partial charge < -0.3 is 20.9 Å². The molecule has 0 radical (unpaired) electrons. The number of nitrogens with two attached hydrogens (primary N) is 2. The summed E-state index contributed by atoms with van der Waals surface area (Å²) in [5.74, 6) is 0. The van der Waals surface area contributed by atoms with Crippen LogP contribution in [0, 0.1) is 0 Å². The minimum atomic E-state index is 0.714. The zero-order valence-electron chi connectivity index (χ0n) is 11.4. The number of quaternary nitrogens is 1. The van der Waals surface area contributed by atoms with E-state index in [1.54, 1.807) is 0 Å². The molecule has 0 aliphatic heterocycles. The Morgan fingerprint density at radius 2 is 1.82 bits per heavy atom. The summed E-state index contributed by atoms with van der Waals surface area (Å²) in [5, 5.41) is 0. The molecule has 0 bridgehead atoms. The smallest absolute Gasteiger partial charge is 0.0797 e. The largest absolute Gasteiger partial charge is 0.399 e. The van der Waals surface area contributed by atoms with Crippen molar-refractivity contribution in [2.75, 3.05) is 57.6 Å². The van der Waals surface area contributed by atoms with Crippen molar-refractivity contribution in [3.63, 3.8) is 0 Å².